The summed E-state index contributed by atoms with van der Waals surface area (Å²) in [5.74, 6) is -0.621. The van der Waals surface area contributed by atoms with Crippen molar-refractivity contribution >= 4 is 29.1 Å². The van der Waals surface area contributed by atoms with Crippen LogP contribution in [-0.4, -0.2) is 17.9 Å². The number of amides is 2. The molecular formula is C17H14ClN3O3. The van der Waals surface area contributed by atoms with E-state index in [0.717, 1.165) is 0 Å². The van der Waals surface area contributed by atoms with Gasteiger partial charge in [0.1, 0.15) is 5.75 Å². The lowest BCUT2D eigenvalue weighted by Gasteiger charge is -2.15. The largest absolute Gasteiger partial charge is 0.479 e. The Balaban J connectivity index is 2.02. The van der Waals surface area contributed by atoms with E-state index in [1.807, 2.05) is 6.07 Å². The molecular weight excluding hydrogens is 330 g/mol. The van der Waals surface area contributed by atoms with Crippen molar-refractivity contribution < 1.29 is 14.3 Å². The van der Waals surface area contributed by atoms with Crippen LogP contribution in [0.15, 0.2) is 42.5 Å². The van der Waals surface area contributed by atoms with Crippen LogP contribution in [0.5, 0.6) is 5.75 Å². The van der Waals surface area contributed by atoms with Gasteiger partial charge in [0.15, 0.2) is 6.10 Å². The second-order valence-electron chi connectivity index (χ2n) is 4.95. The second kappa shape index (κ2) is 7.49. The fourth-order valence-electron chi connectivity index (χ4n) is 1.87. The van der Waals surface area contributed by atoms with Crippen molar-refractivity contribution in [1.82, 2.24) is 0 Å². The molecule has 0 aromatic heterocycles. The first-order valence-electron chi connectivity index (χ1n) is 6.97. The molecule has 1 atom stereocenters. The first-order chi connectivity index (χ1) is 11.4. The maximum Gasteiger partial charge on any atom is 0.265 e. The molecule has 0 bridgehead atoms. The molecule has 122 valence electrons. The molecule has 0 spiro atoms. The lowest BCUT2D eigenvalue weighted by molar-refractivity contribution is -0.122. The van der Waals surface area contributed by atoms with Crippen molar-refractivity contribution in [2.24, 2.45) is 5.73 Å². The summed E-state index contributed by atoms with van der Waals surface area (Å²) in [6.07, 6.45) is -0.814. The minimum atomic E-state index is -0.814. The number of hydrogen-bond donors (Lipinski definition) is 2. The summed E-state index contributed by atoms with van der Waals surface area (Å²) in [5.41, 5.74) is 6.41. The molecule has 0 saturated heterocycles. The number of benzene rings is 2. The molecule has 7 heteroatoms. The van der Waals surface area contributed by atoms with Gasteiger partial charge in [-0.2, -0.15) is 5.26 Å². The summed E-state index contributed by atoms with van der Waals surface area (Å²) in [7, 11) is 0. The molecule has 3 N–H and O–H groups in total. The van der Waals surface area contributed by atoms with Crippen molar-refractivity contribution in [3.05, 3.63) is 58.6 Å². The minimum Gasteiger partial charge on any atom is -0.479 e. The van der Waals surface area contributed by atoms with Crippen LogP contribution in [0.25, 0.3) is 0 Å². The van der Waals surface area contributed by atoms with Gasteiger partial charge in [-0.1, -0.05) is 11.6 Å². The lowest BCUT2D eigenvalue weighted by atomic mass is 10.2. The number of anilines is 1. The van der Waals surface area contributed by atoms with Gasteiger partial charge < -0.3 is 15.8 Å². The molecule has 0 heterocycles. The Hall–Kier alpha value is -3.04. The molecule has 2 aromatic carbocycles. The molecule has 24 heavy (non-hydrogen) atoms. The Morgan fingerprint density at radius 1 is 1.25 bits per heavy atom. The van der Waals surface area contributed by atoms with Gasteiger partial charge in [-0.05, 0) is 49.4 Å². The average molecular weight is 344 g/mol. The Morgan fingerprint density at radius 3 is 2.46 bits per heavy atom. The Labute approximate surface area is 143 Å². The van der Waals surface area contributed by atoms with Crippen molar-refractivity contribution in [3.63, 3.8) is 0 Å². The number of carbonyl (C=O) groups is 2. The van der Waals surface area contributed by atoms with Gasteiger partial charge in [-0.3, -0.25) is 9.59 Å². The first kappa shape index (κ1) is 17.3. The Morgan fingerprint density at radius 2 is 1.92 bits per heavy atom. The minimum absolute atomic E-state index is 0.250. The molecule has 2 rings (SSSR count). The highest BCUT2D eigenvalue weighted by Gasteiger charge is 2.16. The number of nitrogens with one attached hydrogen (secondary N) is 1. The SMILES string of the molecule is C[C@@H](Oc1ccc(C#N)cc1Cl)C(=O)Nc1ccc(C(N)=O)cc1. The van der Waals surface area contributed by atoms with Crippen molar-refractivity contribution in [1.29, 1.82) is 5.26 Å². The Bertz CT molecular complexity index is 813. The van der Waals surface area contributed by atoms with Gasteiger partial charge in [0.2, 0.25) is 5.91 Å². The second-order valence-corrected chi connectivity index (χ2v) is 5.36. The van der Waals surface area contributed by atoms with Gasteiger partial charge in [-0.25, -0.2) is 0 Å². The molecule has 0 aliphatic heterocycles. The molecule has 0 unspecified atom stereocenters. The number of nitrogens with zero attached hydrogens (tertiary/aromatic N) is 1. The predicted molar refractivity (Wildman–Crippen MR) is 89.8 cm³/mol. The van der Waals surface area contributed by atoms with Gasteiger partial charge in [0.25, 0.3) is 5.91 Å². The van der Waals surface area contributed by atoms with Crippen LogP contribution in [0.4, 0.5) is 5.69 Å². The molecule has 2 aromatic rings. The van der Waals surface area contributed by atoms with Crippen LogP contribution in [0.2, 0.25) is 5.02 Å². The molecule has 0 saturated carbocycles. The van der Waals surface area contributed by atoms with E-state index in [1.54, 1.807) is 25.1 Å². The van der Waals surface area contributed by atoms with Gasteiger partial charge >= 0.3 is 0 Å². The number of nitriles is 1. The normalized spacial score (nSPS) is 11.2. The van der Waals surface area contributed by atoms with Crippen LogP contribution >= 0.6 is 11.6 Å². The van der Waals surface area contributed by atoms with Crippen molar-refractivity contribution in [3.8, 4) is 11.8 Å². The number of halogens is 1. The molecule has 0 radical (unpaired) electrons. The zero-order chi connectivity index (χ0) is 17.7. The smallest absolute Gasteiger partial charge is 0.265 e. The van der Waals surface area contributed by atoms with Crippen LogP contribution in [0.3, 0.4) is 0 Å². The highest BCUT2D eigenvalue weighted by atomic mass is 35.5. The number of primary amides is 1. The average Bonchev–Trinajstić information content (AvgIpc) is 2.57. The quantitative estimate of drug-likeness (QED) is 0.870. The molecule has 0 fully saturated rings. The summed E-state index contributed by atoms with van der Waals surface area (Å²) in [6.45, 7) is 1.57. The van der Waals surface area contributed by atoms with E-state index in [2.05, 4.69) is 5.32 Å². The number of carbonyl (C=O) groups excluding carboxylic acids is 2. The van der Waals surface area contributed by atoms with Crippen LogP contribution in [0.1, 0.15) is 22.8 Å². The highest BCUT2D eigenvalue weighted by Crippen LogP contribution is 2.26. The third-order valence-electron chi connectivity index (χ3n) is 3.17. The van der Waals surface area contributed by atoms with Gasteiger partial charge in [0.05, 0.1) is 16.7 Å². The van der Waals surface area contributed by atoms with Gasteiger partial charge in [-0.15, -0.1) is 0 Å². The lowest BCUT2D eigenvalue weighted by Crippen LogP contribution is -2.30. The molecule has 6 nitrogen and oxygen atoms in total. The van der Waals surface area contributed by atoms with E-state index in [-0.39, 0.29) is 10.9 Å². The third kappa shape index (κ3) is 4.24. The number of rotatable bonds is 5. The third-order valence-corrected chi connectivity index (χ3v) is 3.47. The fraction of sp³-hybridized carbons (Fsp3) is 0.118. The van der Waals surface area contributed by atoms with Crippen LogP contribution in [0, 0.1) is 11.3 Å². The Kier molecular flexibility index (Phi) is 5.40. The van der Waals surface area contributed by atoms with Crippen LogP contribution < -0.4 is 15.8 Å². The topological polar surface area (TPSA) is 105 Å². The highest BCUT2D eigenvalue weighted by molar-refractivity contribution is 6.32. The van der Waals surface area contributed by atoms with E-state index in [0.29, 0.717) is 22.6 Å². The van der Waals surface area contributed by atoms with E-state index in [9.17, 15) is 9.59 Å². The summed E-state index contributed by atoms with van der Waals surface area (Å²) < 4.78 is 5.51. The molecule has 0 aliphatic carbocycles. The monoisotopic (exact) mass is 343 g/mol. The van der Waals surface area contributed by atoms with Gasteiger partial charge in [0, 0.05) is 11.3 Å². The maximum atomic E-state index is 12.1. The zero-order valence-electron chi connectivity index (χ0n) is 12.7. The summed E-state index contributed by atoms with van der Waals surface area (Å²) in [4.78, 5) is 23.2. The maximum absolute atomic E-state index is 12.1. The van der Waals surface area contributed by atoms with E-state index in [1.165, 1.54) is 24.3 Å². The number of hydrogen-bond acceptors (Lipinski definition) is 4. The molecule has 2 amide bonds. The van der Waals surface area contributed by atoms with E-state index >= 15 is 0 Å². The molecule has 0 aliphatic rings. The fourth-order valence-corrected chi connectivity index (χ4v) is 2.10. The number of nitrogens with two attached hydrogens (primary N) is 1. The van der Waals surface area contributed by atoms with Crippen molar-refractivity contribution in [2.45, 2.75) is 13.0 Å². The first-order valence-corrected chi connectivity index (χ1v) is 7.35. The summed E-state index contributed by atoms with van der Waals surface area (Å²) in [6, 6.07) is 12.7. The van der Waals surface area contributed by atoms with E-state index in [4.69, 9.17) is 27.3 Å². The van der Waals surface area contributed by atoms with E-state index < -0.39 is 12.0 Å². The van der Waals surface area contributed by atoms with Crippen molar-refractivity contribution in [2.75, 3.05) is 5.32 Å². The zero-order valence-corrected chi connectivity index (χ0v) is 13.5. The van der Waals surface area contributed by atoms with Crippen LogP contribution in [-0.2, 0) is 4.79 Å². The predicted octanol–water partition coefficient (Wildman–Crippen LogP) is 2.72. The standard InChI is InChI=1S/C17H14ClN3O3/c1-10(24-15-7-2-11(9-19)8-14(15)18)17(23)21-13-5-3-12(4-6-13)16(20)22/h2-8,10H,1H3,(H2,20,22)(H,21,23)/t10-/m1/s1. The number of ether oxygens (including phenoxy) is 1. The summed E-state index contributed by atoms with van der Waals surface area (Å²) >= 11 is 6.01. The summed E-state index contributed by atoms with van der Waals surface area (Å²) in [5, 5.41) is 11.7.